The molecule has 0 amide bonds. The highest BCUT2D eigenvalue weighted by molar-refractivity contribution is 6.07. The van der Waals surface area contributed by atoms with Crippen LogP contribution in [0.5, 0.6) is 11.5 Å². The monoisotopic (exact) mass is 599 g/mol. The van der Waals surface area contributed by atoms with Gasteiger partial charge in [-0.2, -0.15) is 0 Å². The van der Waals surface area contributed by atoms with Crippen molar-refractivity contribution < 1.29 is 33.5 Å². The molecule has 228 valence electrons. The summed E-state index contributed by atoms with van der Waals surface area (Å²) < 4.78 is 22.4. The number of nitro groups is 1. The number of allylic oxidation sites excluding steroid dienone is 1. The quantitative estimate of drug-likeness (QED) is 0.172. The second-order valence-electron chi connectivity index (χ2n) is 10.8. The largest absolute Gasteiger partial charge is 0.468 e. The molecule has 3 aromatic rings. The van der Waals surface area contributed by atoms with E-state index >= 15 is 0 Å². The summed E-state index contributed by atoms with van der Waals surface area (Å²) in [5.41, 5.74) is 2.92. The third kappa shape index (κ3) is 6.47. The number of nitrogens with zero attached hydrogens (tertiary/aromatic N) is 3. The predicted molar refractivity (Wildman–Crippen MR) is 161 cm³/mol. The summed E-state index contributed by atoms with van der Waals surface area (Å²) in [7, 11) is 3.18. The van der Waals surface area contributed by atoms with Crippen molar-refractivity contribution in [3.05, 3.63) is 111 Å². The number of esters is 2. The lowest BCUT2D eigenvalue weighted by Crippen LogP contribution is -2.37. The van der Waals surface area contributed by atoms with Crippen LogP contribution in [0, 0.1) is 16.0 Å². The number of methoxy groups -OCH3 is 1. The number of rotatable bonds is 10. The topological polar surface area (TPSA) is 130 Å². The zero-order valence-electron chi connectivity index (χ0n) is 24.9. The van der Waals surface area contributed by atoms with E-state index in [4.69, 9.17) is 18.9 Å². The summed E-state index contributed by atoms with van der Waals surface area (Å²) in [6.07, 6.45) is -0.750. The Hall–Kier alpha value is -5.03. The number of non-ortho nitro benzene ring substituents is 1. The van der Waals surface area contributed by atoms with Gasteiger partial charge in [0.2, 0.25) is 6.79 Å². The second kappa shape index (κ2) is 13.1. The number of hydrogen-bond donors (Lipinski definition) is 0. The average Bonchev–Trinajstić information content (AvgIpc) is 3.48. The summed E-state index contributed by atoms with van der Waals surface area (Å²) in [6.45, 7) is 4.36. The van der Waals surface area contributed by atoms with Crippen molar-refractivity contribution >= 4 is 23.3 Å². The maximum atomic E-state index is 14.2. The molecule has 2 aliphatic rings. The summed E-state index contributed by atoms with van der Waals surface area (Å²) >= 11 is 0. The zero-order valence-corrected chi connectivity index (χ0v) is 24.9. The van der Waals surface area contributed by atoms with Gasteiger partial charge in [0.05, 0.1) is 17.6 Å². The van der Waals surface area contributed by atoms with Crippen molar-refractivity contribution in [2.45, 2.75) is 32.4 Å². The molecule has 3 aromatic carbocycles. The molecular formula is C33H33N3O8. The van der Waals surface area contributed by atoms with Gasteiger partial charge < -0.3 is 18.9 Å². The minimum atomic E-state index is -0.988. The Morgan fingerprint density at radius 3 is 2.52 bits per heavy atom. The zero-order chi connectivity index (χ0) is 31.4. The molecule has 0 bridgehead atoms. The average molecular weight is 600 g/mol. The number of benzene rings is 3. The number of ether oxygens (including phenoxy) is 4. The molecule has 0 fully saturated rings. The first kappa shape index (κ1) is 30.4. The molecule has 0 aromatic heterocycles. The highest BCUT2D eigenvalue weighted by atomic mass is 16.7. The third-order valence-corrected chi connectivity index (χ3v) is 7.73. The van der Waals surface area contributed by atoms with Crippen LogP contribution in [-0.2, 0) is 25.6 Å². The van der Waals surface area contributed by atoms with Crippen LogP contribution in [0.4, 0.5) is 5.69 Å². The van der Waals surface area contributed by atoms with E-state index in [0.29, 0.717) is 47.1 Å². The van der Waals surface area contributed by atoms with Gasteiger partial charge in [0, 0.05) is 42.5 Å². The minimum absolute atomic E-state index is 0.0976. The van der Waals surface area contributed by atoms with E-state index in [9.17, 15) is 19.7 Å². The molecule has 5 rings (SSSR count). The lowest BCUT2D eigenvalue weighted by molar-refractivity contribution is -0.384. The Balaban J connectivity index is 1.52. The smallest absolute Gasteiger partial charge is 0.337 e. The predicted octanol–water partition coefficient (Wildman–Crippen LogP) is 5.36. The first-order chi connectivity index (χ1) is 21.2. The van der Waals surface area contributed by atoms with Crippen molar-refractivity contribution in [1.82, 2.24) is 4.90 Å². The Bertz CT molecular complexity index is 1630. The number of nitro benzene ring substituents is 1. The van der Waals surface area contributed by atoms with Gasteiger partial charge in [-0.3, -0.25) is 24.8 Å². The van der Waals surface area contributed by atoms with Crippen LogP contribution < -0.4 is 9.47 Å². The van der Waals surface area contributed by atoms with Gasteiger partial charge in [0.15, 0.2) is 11.5 Å². The molecule has 3 atom stereocenters. The summed E-state index contributed by atoms with van der Waals surface area (Å²) in [5, 5.41) is 11.6. The first-order valence-electron chi connectivity index (χ1n) is 14.1. The SMILES string of the molecule is COC(=O)C1C(C)=NC(C)=C(C(=O)OC(CN(C)Cc2ccccc2)c2ccc3c(c2)OCO3)C1c1cccc([N+](=O)[O-])c1. The summed E-state index contributed by atoms with van der Waals surface area (Å²) in [4.78, 5) is 45.0. The molecule has 0 radical (unpaired) electrons. The van der Waals surface area contributed by atoms with E-state index in [2.05, 4.69) is 4.99 Å². The maximum absolute atomic E-state index is 14.2. The van der Waals surface area contributed by atoms with Crippen LogP contribution in [0.15, 0.2) is 89.1 Å². The van der Waals surface area contributed by atoms with E-state index in [-0.39, 0.29) is 18.1 Å². The normalized spacial score (nSPS) is 18.1. The first-order valence-corrected chi connectivity index (χ1v) is 14.1. The molecule has 44 heavy (non-hydrogen) atoms. The molecule has 0 aliphatic carbocycles. The van der Waals surface area contributed by atoms with Crippen molar-refractivity contribution in [2.24, 2.45) is 10.9 Å². The Morgan fingerprint density at radius 2 is 1.80 bits per heavy atom. The number of hydrogen-bond acceptors (Lipinski definition) is 10. The molecule has 11 nitrogen and oxygen atoms in total. The lowest BCUT2D eigenvalue weighted by atomic mass is 9.75. The van der Waals surface area contributed by atoms with Crippen LogP contribution in [0.3, 0.4) is 0 Å². The van der Waals surface area contributed by atoms with Crippen LogP contribution in [0.25, 0.3) is 0 Å². The van der Waals surface area contributed by atoms with Gasteiger partial charge >= 0.3 is 11.9 Å². The van der Waals surface area contributed by atoms with E-state index < -0.39 is 34.8 Å². The lowest BCUT2D eigenvalue weighted by Gasteiger charge is -2.32. The minimum Gasteiger partial charge on any atom is -0.468 e. The summed E-state index contributed by atoms with van der Waals surface area (Å²) in [6, 6.07) is 21.2. The highest BCUT2D eigenvalue weighted by Gasteiger charge is 2.43. The van der Waals surface area contributed by atoms with E-state index in [1.54, 1.807) is 32.0 Å². The van der Waals surface area contributed by atoms with Crippen molar-refractivity contribution in [2.75, 3.05) is 27.5 Å². The molecule has 3 unspecified atom stereocenters. The van der Waals surface area contributed by atoms with Gasteiger partial charge in [0.25, 0.3) is 5.69 Å². The molecular weight excluding hydrogens is 566 g/mol. The van der Waals surface area contributed by atoms with Crippen molar-refractivity contribution in [1.29, 1.82) is 0 Å². The fourth-order valence-electron chi connectivity index (χ4n) is 5.69. The molecule has 11 heteroatoms. The molecule has 0 spiro atoms. The number of carbonyl (C=O) groups excluding carboxylic acids is 2. The Kier molecular flexibility index (Phi) is 9.05. The molecule has 2 aliphatic heterocycles. The van der Waals surface area contributed by atoms with Crippen LogP contribution in [0.2, 0.25) is 0 Å². The Labute approximate surface area is 254 Å². The summed E-state index contributed by atoms with van der Waals surface area (Å²) in [5.74, 6) is -2.08. The molecule has 0 saturated carbocycles. The standard InChI is InChI=1S/C33H33N3O8/c1-20-29(32(37)41-4)31(24-11-8-12-25(15-24)36(39)40)30(21(2)34-20)33(38)44-28(18-35(3)17-22-9-6-5-7-10-22)23-13-14-26-27(16-23)43-19-42-26/h5-16,28-29,31H,17-19H2,1-4H3. The van der Waals surface area contributed by atoms with Gasteiger partial charge in [-0.1, -0.05) is 48.5 Å². The van der Waals surface area contributed by atoms with Gasteiger partial charge in [0.1, 0.15) is 12.0 Å². The maximum Gasteiger partial charge on any atom is 0.337 e. The van der Waals surface area contributed by atoms with E-state index in [1.807, 2.05) is 48.3 Å². The molecule has 0 N–H and O–H groups in total. The van der Waals surface area contributed by atoms with Crippen LogP contribution in [0.1, 0.15) is 42.6 Å². The van der Waals surface area contributed by atoms with Gasteiger partial charge in [-0.15, -0.1) is 0 Å². The third-order valence-electron chi connectivity index (χ3n) is 7.73. The Morgan fingerprint density at radius 1 is 1.05 bits per heavy atom. The fourth-order valence-corrected chi connectivity index (χ4v) is 5.69. The van der Waals surface area contributed by atoms with Crippen LogP contribution in [-0.4, -0.2) is 55.0 Å². The van der Waals surface area contributed by atoms with E-state index in [0.717, 1.165) is 5.56 Å². The van der Waals surface area contributed by atoms with Gasteiger partial charge in [-0.25, -0.2) is 4.79 Å². The molecule has 0 saturated heterocycles. The number of carbonyl (C=O) groups is 2. The highest BCUT2D eigenvalue weighted by Crippen LogP contribution is 2.42. The molecule has 2 heterocycles. The van der Waals surface area contributed by atoms with Crippen molar-refractivity contribution in [3.8, 4) is 11.5 Å². The van der Waals surface area contributed by atoms with Gasteiger partial charge in [-0.05, 0) is 49.7 Å². The second-order valence-corrected chi connectivity index (χ2v) is 10.8. The van der Waals surface area contributed by atoms with Crippen molar-refractivity contribution in [3.63, 3.8) is 0 Å². The number of likely N-dealkylation sites (N-methyl/N-ethyl adjacent to an activating group) is 1. The fraction of sp³-hybridized carbons (Fsp3) is 0.303. The van der Waals surface area contributed by atoms with E-state index in [1.165, 1.54) is 25.3 Å². The number of aliphatic imine (C=N–C) groups is 1. The number of fused-ring (bicyclic) bond motifs is 1. The van der Waals surface area contributed by atoms with Crippen LogP contribution >= 0.6 is 0 Å².